The molecule has 0 saturated heterocycles. The number of aromatic carboxylic acids is 1. The Morgan fingerprint density at radius 1 is 1.10 bits per heavy atom. The smallest absolute Gasteiger partial charge is 0.337 e. The number of ether oxygens (including phenoxy) is 2. The Bertz CT molecular complexity index is 1050. The van der Waals surface area contributed by atoms with E-state index in [2.05, 4.69) is 19.0 Å². The van der Waals surface area contributed by atoms with Crippen molar-refractivity contribution in [2.75, 3.05) is 13.2 Å². The van der Waals surface area contributed by atoms with Gasteiger partial charge in [-0.25, -0.2) is 4.79 Å². The molecule has 0 amide bonds. The van der Waals surface area contributed by atoms with Gasteiger partial charge in [-0.15, -0.1) is 0 Å². The summed E-state index contributed by atoms with van der Waals surface area (Å²) in [6.45, 7) is 4.94. The zero-order valence-corrected chi connectivity index (χ0v) is 18.3. The maximum atomic E-state index is 11.1. The van der Waals surface area contributed by atoms with Crippen molar-refractivity contribution in [3.63, 3.8) is 0 Å². The molecule has 1 aromatic heterocycles. The van der Waals surface area contributed by atoms with Crippen LogP contribution >= 0.6 is 23.2 Å². The van der Waals surface area contributed by atoms with Crippen LogP contribution < -0.4 is 9.47 Å². The summed E-state index contributed by atoms with van der Waals surface area (Å²) in [5.74, 6) is -0.0110. The summed E-state index contributed by atoms with van der Waals surface area (Å²) >= 11 is 12.0. The van der Waals surface area contributed by atoms with Gasteiger partial charge in [0.15, 0.2) is 5.58 Å². The monoisotopic (exact) mass is 451 g/mol. The molecule has 0 bridgehead atoms. The molecule has 160 valence electrons. The zero-order chi connectivity index (χ0) is 21.7. The van der Waals surface area contributed by atoms with Crippen molar-refractivity contribution in [2.45, 2.75) is 39.5 Å². The molecule has 0 saturated carbocycles. The second-order valence-electron chi connectivity index (χ2n) is 6.77. The molecule has 0 aliphatic heterocycles. The minimum atomic E-state index is -1.14. The first-order chi connectivity index (χ1) is 14.5. The lowest BCUT2D eigenvalue weighted by molar-refractivity contribution is 0.0697. The van der Waals surface area contributed by atoms with Crippen LogP contribution in [0.4, 0.5) is 0 Å². The van der Waals surface area contributed by atoms with E-state index in [1.807, 2.05) is 12.1 Å². The number of nitrogens with zero attached hydrogens (tertiary/aromatic N) is 1. The summed E-state index contributed by atoms with van der Waals surface area (Å²) < 4.78 is 17.2. The van der Waals surface area contributed by atoms with Crippen LogP contribution in [0.15, 0.2) is 28.8 Å². The summed E-state index contributed by atoms with van der Waals surface area (Å²) in [5, 5.41) is 14.5. The van der Waals surface area contributed by atoms with Crippen LogP contribution in [0.1, 0.15) is 48.3 Å². The minimum absolute atomic E-state index is 0.0603. The molecule has 0 unspecified atom stereocenters. The first-order valence-corrected chi connectivity index (χ1v) is 10.6. The number of fused-ring (bicyclic) bond motifs is 1. The van der Waals surface area contributed by atoms with E-state index in [0.717, 1.165) is 47.2 Å². The second kappa shape index (κ2) is 10.0. The van der Waals surface area contributed by atoms with Crippen LogP contribution in [0.5, 0.6) is 11.5 Å². The number of carbonyl (C=O) groups is 1. The Morgan fingerprint density at radius 2 is 1.83 bits per heavy atom. The Labute approximate surface area is 184 Å². The average molecular weight is 452 g/mol. The molecule has 1 N–H and O–H groups in total. The predicted molar refractivity (Wildman–Crippen MR) is 116 cm³/mol. The highest BCUT2D eigenvalue weighted by atomic mass is 35.5. The van der Waals surface area contributed by atoms with Gasteiger partial charge in [-0.2, -0.15) is 0 Å². The van der Waals surface area contributed by atoms with Crippen LogP contribution in [0, 0.1) is 0 Å². The van der Waals surface area contributed by atoms with Crippen molar-refractivity contribution in [2.24, 2.45) is 0 Å². The first-order valence-electron chi connectivity index (χ1n) is 9.84. The standard InChI is InChI=1S/C22H23Cl2NO5/c1-3-6-14-19(8-7-13-18(4-2)25-30-21(13)14)28-9-5-10-29-20-12-16(23)15(22(26)27)11-17(20)24/h7-8,11-12H,3-6,9-10H2,1-2H3,(H,26,27). The largest absolute Gasteiger partial charge is 0.493 e. The number of carboxylic acid groups (broad SMARTS) is 1. The molecule has 6 nitrogen and oxygen atoms in total. The number of hydrogen-bond acceptors (Lipinski definition) is 5. The van der Waals surface area contributed by atoms with Gasteiger partial charge < -0.3 is 19.1 Å². The number of halogens is 2. The lowest BCUT2D eigenvalue weighted by Crippen LogP contribution is -2.07. The third-order valence-corrected chi connectivity index (χ3v) is 5.27. The highest BCUT2D eigenvalue weighted by Crippen LogP contribution is 2.33. The van der Waals surface area contributed by atoms with E-state index in [-0.39, 0.29) is 15.6 Å². The van der Waals surface area contributed by atoms with Crippen LogP contribution in [-0.2, 0) is 12.8 Å². The summed E-state index contributed by atoms with van der Waals surface area (Å²) in [7, 11) is 0. The lowest BCUT2D eigenvalue weighted by Gasteiger charge is -2.13. The van der Waals surface area contributed by atoms with Gasteiger partial charge in [0.2, 0.25) is 0 Å². The summed E-state index contributed by atoms with van der Waals surface area (Å²) in [6.07, 6.45) is 3.23. The van der Waals surface area contributed by atoms with Crippen LogP contribution in [-0.4, -0.2) is 29.4 Å². The molecule has 1 heterocycles. The highest BCUT2D eigenvalue weighted by molar-refractivity contribution is 6.36. The fourth-order valence-corrected chi connectivity index (χ4v) is 3.65. The van der Waals surface area contributed by atoms with E-state index < -0.39 is 5.97 Å². The summed E-state index contributed by atoms with van der Waals surface area (Å²) in [5.41, 5.74) is 2.71. The molecule has 0 radical (unpaired) electrons. The highest BCUT2D eigenvalue weighted by Gasteiger charge is 2.16. The Kier molecular flexibility index (Phi) is 7.45. The van der Waals surface area contributed by atoms with Crippen LogP contribution in [0.25, 0.3) is 11.0 Å². The predicted octanol–water partition coefficient (Wildman–Crippen LogP) is 6.20. The molecule has 2 aromatic carbocycles. The van der Waals surface area contributed by atoms with E-state index in [0.29, 0.717) is 25.4 Å². The van der Waals surface area contributed by atoms with Gasteiger partial charge in [0.25, 0.3) is 0 Å². The number of aryl methyl sites for hydroxylation is 2. The van der Waals surface area contributed by atoms with E-state index in [4.69, 9.17) is 42.3 Å². The molecule has 0 atom stereocenters. The van der Waals surface area contributed by atoms with Crippen LogP contribution in [0.3, 0.4) is 0 Å². The van der Waals surface area contributed by atoms with Gasteiger partial charge >= 0.3 is 5.97 Å². The van der Waals surface area contributed by atoms with Gasteiger partial charge in [0.1, 0.15) is 11.5 Å². The minimum Gasteiger partial charge on any atom is -0.493 e. The van der Waals surface area contributed by atoms with Gasteiger partial charge in [-0.3, -0.25) is 0 Å². The topological polar surface area (TPSA) is 81.8 Å². The number of aromatic nitrogens is 1. The molecule has 0 fully saturated rings. The fourth-order valence-electron chi connectivity index (χ4n) is 3.19. The SMILES string of the molecule is CCCc1c(OCCCOc2cc(Cl)c(C(=O)O)cc2Cl)ccc2c(CC)noc12. The molecule has 30 heavy (non-hydrogen) atoms. The number of carboxylic acids is 1. The molecular weight excluding hydrogens is 429 g/mol. The van der Waals surface area contributed by atoms with Crippen molar-refractivity contribution in [3.8, 4) is 11.5 Å². The molecule has 0 aliphatic carbocycles. The van der Waals surface area contributed by atoms with Gasteiger partial charge in [-0.05, 0) is 31.0 Å². The zero-order valence-electron chi connectivity index (χ0n) is 16.8. The maximum Gasteiger partial charge on any atom is 0.337 e. The van der Waals surface area contributed by atoms with Crippen molar-refractivity contribution in [3.05, 3.63) is 51.1 Å². The van der Waals surface area contributed by atoms with Crippen LogP contribution in [0.2, 0.25) is 10.0 Å². The van der Waals surface area contributed by atoms with E-state index in [1.54, 1.807) is 0 Å². The molecule has 0 spiro atoms. The quantitative estimate of drug-likeness (QED) is 0.369. The summed E-state index contributed by atoms with van der Waals surface area (Å²) in [4.78, 5) is 11.1. The van der Waals surface area contributed by atoms with E-state index in [9.17, 15) is 4.79 Å². The normalized spacial score (nSPS) is 11.1. The first kappa shape index (κ1) is 22.2. The second-order valence-corrected chi connectivity index (χ2v) is 7.58. The van der Waals surface area contributed by atoms with Gasteiger partial charge in [0, 0.05) is 23.4 Å². The van der Waals surface area contributed by atoms with E-state index in [1.165, 1.54) is 12.1 Å². The summed E-state index contributed by atoms with van der Waals surface area (Å²) in [6, 6.07) is 6.65. The van der Waals surface area contributed by atoms with Gasteiger partial charge in [0.05, 0.1) is 34.5 Å². The molecule has 3 aromatic rings. The fraction of sp³-hybridized carbons (Fsp3) is 0.364. The van der Waals surface area contributed by atoms with E-state index >= 15 is 0 Å². The number of hydrogen-bond donors (Lipinski definition) is 1. The molecule has 3 rings (SSSR count). The Morgan fingerprint density at radius 3 is 2.50 bits per heavy atom. The van der Waals surface area contributed by atoms with Crippen molar-refractivity contribution >= 4 is 40.1 Å². The van der Waals surface area contributed by atoms with Gasteiger partial charge in [-0.1, -0.05) is 48.6 Å². The molecule has 0 aliphatic rings. The Hall–Kier alpha value is -2.44. The van der Waals surface area contributed by atoms with Crippen molar-refractivity contribution in [1.29, 1.82) is 0 Å². The number of rotatable bonds is 10. The number of benzene rings is 2. The molecular formula is C22H23Cl2NO5. The third-order valence-electron chi connectivity index (χ3n) is 4.67. The maximum absolute atomic E-state index is 11.1. The Balaban J connectivity index is 1.61. The van der Waals surface area contributed by atoms with Crippen molar-refractivity contribution in [1.82, 2.24) is 5.16 Å². The lowest BCUT2D eigenvalue weighted by atomic mass is 10.0. The average Bonchev–Trinajstić information content (AvgIpc) is 3.14. The third kappa shape index (κ3) is 4.82. The van der Waals surface area contributed by atoms with Crippen molar-refractivity contribution < 1.29 is 23.9 Å². The molecule has 8 heteroatoms.